The van der Waals surface area contributed by atoms with Crippen LogP contribution in [0.4, 0.5) is 0 Å². The van der Waals surface area contributed by atoms with E-state index in [0.29, 0.717) is 18.2 Å². The summed E-state index contributed by atoms with van der Waals surface area (Å²) >= 11 is 0. The van der Waals surface area contributed by atoms with E-state index in [1.807, 2.05) is 24.3 Å². The van der Waals surface area contributed by atoms with Crippen LogP contribution in [0.25, 0.3) is 90.7 Å². The van der Waals surface area contributed by atoms with E-state index in [-0.39, 0.29) is 0 Å². The highest BCUT2D eigenvalue weighted by atomic mass is 14.9. The van der Waals surface area contributed by atoms with Crippen LogP contribution in [0.15, 0.2) is 188 Å². The Kier molecular flexibility index (Phi) is 9.80. The van der Waals surface area contributed by atoms with Crippen molar-refractivity contribution in [1.29, 1.82) is 0 Å². The van der Waals surface area contributed by atoms with Gasteiger partial charge in [-0.15, -0.1) is 0 Å². The highest BCUT2D eigenvalue weighted by molar-refractivity contribution is 5.87. The number of benzene rings is 6. The zero-order valence-electron chi connectivity index (χ0n) is 33.6. The number of nitrogens with zero attached hydrogens (tertiary/aromatic N) is 4. The summed E-state index contributed by atoms with van der Waals surface area (Å²) < 4.78 is 0. The first-order valence-electron chi connectivity index (χ1n) is 20.6. The summed E-state index contributed by atoms with van der Waals surface area (Å²) in [5.41, 5.74) is 19.3. The second-order valence-electron chi connectivity index (χ2n) is 15.6. The standard InChI is InChI=1S/C56H42N4/c1-37(2)50-32-30-44-29-31-48-49(34-51(41-15-8-4-9-16-41)58-55(48)36-52(44)57-50)47-20-12-19-46(33-47)40-23-27-43(28-24-40)54-35-53(59-56(60-54)45-17-10-5-11-18-45)42-25-21-39(22-26-42)38-13-6-3-7-14-38/h3-35,37H,36H2,1-2H3. The van der Waals surface area contributed by atoms with E-state index in [1.165, 1.54) is 11.1 Å². The van der Waals surface area contributed by atoms with E-state index in [2.05, 4.69) is 190 Å². The van der Waals surface area contributed by atoms with Crippen LogP contribution in [-0.2, 0) is 6.42 Å². The van der Waals surface area contributed by atoms with Crippen molar-refractivity contribution in [3.05, 3.63) is 216 Å². The van der Waals surface area contributed by atoms with Gasteiger partial charge in [0.05, 0.1) is 28.5 Å². The summed E-state index contributed by atoms with van der Waals surface area (Å²) in [4.78, 5) is 20.6. The molecule has 286 valence electrons. The second-order valence-corrected chi connectivity index (χ2v) is 15.6. The van der Waals surface area contributed by atoms with Crippen LogP contribution in [0.5, 0.6) is 0 Å². The minimum Gasteiger partial charge on any atom is -0.257 e. The van der Waals surface area contributed by atoms with Gasteiger partial charge in [0.25, 0.3) is 0 Å². The van der Waals surface area contributed by atoms with Gasteiger partial charge < -0.3 is 0 Å². The largest absolute Gasteiger partial charge is 0.257 e. The Balaban J connectivity index is 1.01. The fourth-order valence-corrected chi connectivity index (χ4v) is 8.02. The van der Waals surface area contributed by atoms with Crippen LogP contribution in [0.1, 0.15) is 48.0 Å². The molecule has 3 aromatic heterocycles. The highest BCUT2D eigenvalue weighted by Crippen LogP contribution is 2.37. The van der Waals surface area contributed by atoms with Gasteiger partial charge in [0.1, 0.15) is 0 Å². The number of hydrogen-bond acceptors (Lipinski definition) is 4. The predicted molar refractivity (Wildman–Crippen MR) is 248 cm³/mol. The Bertz CT molecular complexity index is 2990. The third kappa shape index (κ3) is 7.47. The zero-order valence-corrected chi connectivity index (χ0v) is 33.6. The Morgan fingerprint density at radius 2 is 0.867 bits per heavy atom. The minimum atomic E-state index is 0.353. The summed E-state index contributed by atoms with van der Waals surface area (Å²) in [5.74, 6) is 1.05. The first kappa shape index (κ1) is 36.8. The molecule has 0 unspecified atom stereocenters. The van der Waals surface area contributed by atoms with Crippen molar-refractivity contribution >= 4 is 12.2 Å². The van der Waals surface area contributed by atoms with Crippen LogP contribution in [0.2, 0.25) is 0 Å². The molecule has 0 spiro atoms. The molecular weight excluding hydrogens is 729 g/mol. The average Bonchev–Trinajstić information content (AvgIpc) is 3.51. The molecule has 6 aromatic carbocycles. The molecule has 4 heteroatoms. The Morgan fingerprint density at radius 1 is 0.367 bits per heavy atom. The van der Waals surface area contributed by atoms with Gasteiger partial charge in [0, 0.05) is 39.9 Å². The van der Waals surface area contributed by atoms with Crippen molar-refractivity contribution in [2.75, 3.05) is 0 Å². The lowest BCUT2D eigenvalue weighted by molar-refractivity contribution is 0.807. The van der Waals surface area contributed by atoms with E-state index in [0.717, 1.165) is 89.8 Å². The molecule has 1 aliphatic carbocycles. The monoisotopic (exact) mass is 770 g/mol. The maximum atomic E-state index is 5.29. The Morgan fingerprint density at radius 3 is 1.50 bits per heavy atom. The molecule has 0 fully saturated rings. The highest BCUT2D eigenvalue weighted by Gasteiger charge is 2.20. The maximum Gasteiger partial charge on any atom is 0.160 e. The van der Waals surface area contributed by atoms with Crippen molar-refractivity contribution < 1.29 is 0 Å². The molecule has 0 atom stereocenters. The van der Waals surface area contributed by atoms with Gasteiger partial charge >= 0.3 is 0 Å². The molecule has 4 nitrogen and oxygen atoms in total. The van der Waals surface area contributed by atoms with E-state index >= 15 is 0 Å². The molecule has 0 bridgehead atoms. The number of pyridine rings is 2. The average molecular weight is 771 g/mol. The van der Waals surface area contributed by atoms with Gasteiger partial charge in [0.2, 0.25) is 0 Å². The zero-order chi connectivity index (χ0) is 40.4. The van der Waals surface area contributed by atoms with Gasteiger partial charge in [-0.05, 0) is 69.1 Å². The van der Waals surface area contributed by atoms with Gasteiger partial charge in [-0.25, -0.2) is 9.97 Å². The van der Waals surface area contributed by atoms with Gasteiger partial charge in [-0.1, -0.05) is 190 Å². The van der Waals surface area contributed by atoms with Crippen LogP contribution >= 0.6 is 0 Å². The fourth-order valence-electron chi connectivity index (χ4n) is 8.02. The molecule has 10 rings (SSSR count). The van der Waals surface area contributed by atoms with Crippen LogP contribution in [0, 0.1) is 0 Å². The summed E-state index contributed by atoms with van der Waals surface area (Å²) in [7, 11) is 0. The van der Waals surface area contributed by atoms with Gasteiger partial charge in [-0.3, -0.25) is 9.97 Å². The first-order valence-corrected chi connectivity index (χ1v) is 20.6. The van der Waals surface area contributed by atoms with E-state index < -0.39 is 0 Å². The smallest absolute Gasteiger partial charge is 0.160 e. The van der Waals surface area contributed by atoms with E-state index in [9.17, 15) is 0 Å². The minimum absolute atomic E-state index is 0.353. The fraction of sp³-hybridized carbons (Fsp3) is 0.0714. The normalized spacial score (nSPS) is 11.8. The third-order valence-corrected chi connectivity index (χ3v) is 11.3. The molecule has 0 aliphatic heterocycles. The van der Waals surface area contributed by atoms with Crippen molar-refractivity contribution in [3.8, 4) is 78.5 Å². The van der Waals surface area contributed by atoms with Gasteiger partial charge in [0.15, 0.2) is 5.82 Å². The lowest BCUT2D eigenvalue weighted by atomic mass is 9.93. The molecule has 9 aromatic rings. The molecule has 1 aliphatic rings. The number of fused-ring (bicyclic) bond motifs is 2. The SMILES string of the molecule is CC(C)c1ccc2c(n1)Cc1nc(-c3ccccc3)cc(-c3cccc(-c4ccc(-c5cc(-c6ccc(-c7ccccc7)cc6)nc(-c6ccccc6)n5)cc4)c3)c1C=C2. The molecule has 0 amide bonds. The van der Waals surface area contributed by atoms with E-state index in [1.54, 1.807) is 0 Å². The molecule has 0 saturated carbocycles. The van der Waals surface area contributed by atoms with E-state index in [4.69, 9.17) is 19.9 Å². The summed E-state index contributed by atoms with van der Waals surface area (Å²) in [6, 6.07) is 66.1. The molecule has 0 saturated heterocycles. The van der Waals surface area contributed by atoms with Crippen LogP contribution in [-0.4, -0.2) is 19.9 Å². The van der Waals surface area contributed by atoms with Crippen molar-refractivity contribution in [1.82, 2.24) is 19.9 Å². The quantitative estimate of drug-likeness (QED) is 0.154. The summed E-state index contributed by atoms with van der Waals surface area (Å²) in [6.45, 7) is 4.39. The third-order valence-electron chi connectivity index (χ3n) is 11.3. The maximum absolute atomic E-state index is 5.29. The Labute approximate surface area is 351 Å². The molecular formula is C56H42N4. The first-order chi connectivity index (χ1) is 29.5. The Hall–Kier alpha value is -7.56. The number of hydrogen-bond donors (Lipinski definition) is 0. The summed E-state index contributed by atoms with van der Waals surface area (Å²) in [5, 5.41) is 0. The predicted octanol–water partition coefficient (Wildman–Crippen LogP) is 14.1. The van der Waals surface area contributed by atoms with Crippen molar-refractivity contribution in [2.45, 2.75) is 26.2 Å². The second kappa shape index (κ2) is 16.0. The molecule has 3 heterocycles. The molecule has 0 radical (unpaired) electrons. The lowest BCUT2D eigenvalue weighted by Crippen LogP contribution is -2.04. The molecule has 60 heavy (non-hydrogen) atoms. The van der Waals surface area contributed by atoms with Crippen molar-refractivity contribution in [3.63, 3.8) is 0 Å². The topological polar surface area (TPSA) is 51.6 Å². The van der Waals surface area contributed by atoms with Crippen LogP contribution in [0.3, 0.4) is 0 Å². The molecule has 0 N–H and O–H groups in total. The number of rotatable bonds is 8. The summed E-state index contributed by atoms with van der Waals surface area (Å²) in [6.07, 6.45) is 5.10. The van der Waals surface area contributed by atoms with Crippen LogP contribution < -0.4 is 0 Å². The van der Waals surface area contributed by atoms with Crippen molar-refractivity contribution in [2.24, 2.45) is 0 Å². The number of aromatic nitrogens is 4. The lowest BCUT2D eigenvalue weighted by Gasteiger charge is -2.15. The van der Waals surface area contributed by atoms with Gasteiger partial charge in [-0.2, -0.15) is 0 Å².